The summed E-state index contributed by atoms with van der Waals surface area (Å²) in [5.74, 6) is 0. The van der Waals surface area contributed by atoms with Crippen molar-refractivity contribution in [3.8, 4) is 0 Å². The maximum Gasteiger partial charge on any atom is 0.312 e. The number of piperazine rings is 1. The molecule has 12 nitrogen and oxygen atoms in total. The Morgan fingerprint density at radius 3 is 2.28 bits per heavy atom. The number of nitro benzene ring substituents is 1. The molecule has 1 saturated heterocycles. The van der Waals surface area contributed by atoms with Crippen molar-refractivity contribution in [3.63, 3.8) is 0 Å². The van der Waals surface area contributed by atoms with Crippen LogP contribution in [0, 0.1) is 34.1 Å². The lowest BCUT2D eigenvalue weighted by Gasteiger charge is -2.31. The van der Waals surface area contributed by atoms with Gasteiger partial charge in [-0.2, -0.15) is 9.40 Å². The summed E-state index contributed by atoms with van der Waals surface area (Å²) in [6, 6.07) is 5.29. The molecule has 13 heteroatoms. The molecule has 1 aliphatic heterocycles. The number of sulfonamides is 1. The van der Waals surface area contributed by atoms with Gasteiger partial charge in [0.25, 0.3) is 5.69 Å². The van der Waals surface area contributed by atoms with Gasteiger partial charge in [0.05, 0.1) is 36.0 Å². The van der Waals surface area contributed by atoms with Crippen molar-refractivity contribution in [1.82, 2.24) is 14.1 Å². The summed E-state index contributed by atoms with van der Waals surface area (Å²) in [5, 5.41) is 26.5. The Kier molecular flexibility index (Phi) is 5.64. The van der Waals surface area contributed by atoms with Crippen molar-refractivity contribution in [2.45, 2.75) is 25.4 Å². The Morgan fingerprint density at radius 1 is 1.10 bits per heavy atom. The highest BCUT2D eigenvalue weighted by Gasteiger charge is 2.35. The van der Waals surface area contributed by atoms with Crippen LogP contribution in [-0.4, -0.2) is 58.5 Å². The molecule has 3 rings (SSSR count). The standard InChI is InChI=1S/C16H20N6O6S/c1-12-16(22(25)26)13(2)20(17-12)11-18-7-9-19(10-8-18)29(27,28)15-6-4-3-5-14(15)21(23)24/h3-6H,7-11H2,1-2H3/p+1. The summed E-state index contributed by atoms with van der Waals surface area (Å²) in [6.07, 6.45) is 0. The molecular weight excluding hydrogens is 404 g/mol. The maximum absolute atomic E-state index is 12.9. The number of para-hydroxylation sites is 1. The first kappa shape index (κ1) is 20.8. The number of aryl methyl sites for hydroxylation is 1. The Balaban J connectivity index is 1.72. The van der Waals surface area contributed by atoms with Gasteiger partial charge in [0.15, 0.2) is 11.6 Å². The van der Waals surface area contributed by atoms with Crippen LogP contribution in [0.15, 0.2) is 29.2 Å². The molecule has 29 heavy (non-hydrogen) atoms. The number of nitrogens with one attached hydrogen (secondary N) is 1. The van der Waals surface area contributed by atoms with Gasteiger partial charge >= 0.3 is 5.69 Å². The third kappa shape index (κ3) is 3.97. The molecule has 1 aliphatic rings. The number of hydrogen-bond acceptors (Lipinski definition) is 7. The van der Waals surface area contributed by atoms with E-state index >= 15 is 0 Å². The molecule has 0 aliphatic carbocycles. The molecular formula is C16H21N6O6S+. The van der Waals surface area contributed by atoms with Crippen molar-refractivity contribution in [2.24, 2.45) is 0 Å². The predicted octanol–water partition coefficient (Wildman–Crippen LogP) is -0.137. The van der Waals surface area contributed by atoms with Crippen LogP contribution in [0.5, 0.6) is 0 Å². The second-order valence-electron chi connectivity index (χ2n) is 6.81. The summed E-state index contributed by atoms with van der Waals surface area (Å²) in [7, 11) is -3.99. The van der Waals surface area contributed by atoms with Gasteiger partial charge in [-0.3, -0.25) is 20.2 Å². The van der Waals surface area contributed by atoms with Crippen molar-refractivity contribution in [3.05, 3.63) is 55.9 Å². The number of benzene rings is 1. The zero-order chi connectivity index (χ0) is 21.3. The molecule has 1 aromatic heterocycles. The minimum Gasteiger partial charge on any atom is -0.314 e. The number of quaternary nitrogens is 1. The zero-order valence-electron chi connectivity index (χ0n) is 15.9. The van der Waals surface area contributed by atoms with E-state index in [0.29, 0.717) is 31.1 Å². The highest BCUT2D eigenvalue weighted by molar-refractivity contribution is 7.89. The van der Waals surface area contributed by atoms with Gasteiger partial charge in [0.2, 0.25) is 10.0 Å². The molecule has 1 N–H and O–H groups in total. The Labute approximate surface area is 166 Å². The van der Waals surface area contributed by atoms with Crippen molar-refractivity contribution in [1.29, 1.82) is 0 Å². The predicted molar refractivity (Wildman–Crippen MR) is 101 cm³/mol. The van der Waals surface area contributed by atoms with Gasteiger partial charge in [-0.1, -0.05) is 12.1 Å². The third-order valence-electron chi connectivity index (χ3n) is 5.01. The van der Waals surface area contributed by atoms with Crippen LogP contribution in [-0.2, 0) is 16.7 Å². The third-order valence-corrected chi connectivity index (χ3v) is 6.95. The number of aromatic nitrogens is 2. The molecule has 0 saturated carbocycles. The Hall–Kier alpha value is -2.90. The average Bonchev–Trinajstić information content (AvgIpc) is 2.95. The van der Waals surface area contributed by atoms with E-state index in [0.717, 1.165) is 4.90 Å². The number of nitro groups is 2. The fourth-order valence-electron chi connectivity index (χ4n) is 3.48. The molecule has 2 heterocycles. The smallest absolute Gasteiger partial charge is 0.312 e. The van der Waals surface area contributed by atoms with E-state index in [1.54, 1.807) is 18.5 Å². The lowest BCUT2D eigenvalue weighted by Crippen LogP contribution is -3.14. The molecule has 0 atom stereocenters. The largest absolute Gasteiger partial charge is 0.314 e. The lowest BCUT2D eigenvalue weighted by molar-refractivity contribution is -0.926. The monoisotopic (exact) mass is 425 g/mol. The Morgan fingerprint density at radius 2 is 1.72 bits per heavy atom. The van der Waals surface area contributed by atoms with Crippen LogP contribution >= 0.6 is 0 Å². The summed E-state index contributed by atoms with van der Waals surface area (Å²) in [5.41, 5.74) is 0.332. The number of rotatable bonds is 6. The summed E-state index contributed by atoms with van der Waals surface area (Å²) >= 11 is 0. The first-order valence-electron chi connectivity index (χ1n) is 8.88. The van der Waals surface area contributed by atoms with Gasteiger partial charge in [-0.25, -0.2) is 13.1 Å². The molecule has 1 aromatic carbocycles. The second kappa shape index (κ2) is 7.85. The molecule has 156 valence electrons. The van der Waals surface area contributed by atoms with E-state index in [9.17, 15) is 28.6 Å². The van der Waals surface area contributed by atoms with E-state index in [1.807, 2.05) is 0 Å². The highest BCUT2D eigenvalue weighted by Crippen LogP contribution is 2.26. The normalized spacial score (nSPS) is 16.1. The van der Waals surface area contributed by atoms with E-state index < -0.39 is 25.6 Å². The van der Waals surface area contributed by atoms with E-state index in [2.05, 4.69) is 5.10 Å². The first-order valence-corrected chi connectivity index (χ1v) is 10.3. The van der Waals surface area contributed by atoms with Crippen LogP contribution in [0.4, 0.5) is 11.4 Å². The molecule has 0 bridgehead atoms. The minimum absolute atomic E-state index is 0.0120. The van der Waals surface area contributed by atoms with Crippen molar-refractivity contribution < 1.29 is 23.2 Å². The zero-order valence-corrected chi connectivity index (χ0v) is 16.8. The molecule has 2 aromatic rings. The minimum atomic E-state index is -3.99. The first-order chi connectivity index (χ1) is 13.6. The topological polar surface area (TPSA) is 146 Å². The van der Waals surface area contributed by atoms with Gasteiger partial charge in [0, 0.05) is 6.07 Å². The van der Waals surface area contributed by atoms with Gasteiger partial charge in [-0.15, -0.1) is 0 Å². The van der Waals surface area contributed by atoms with Crippen molar-refractivity contribution in [2.75, 3.05) is 26.2 Å². The SMILES string of the molecule is Cc1nn(C[NH+]2CCN(S(=O)(=O)c3ccccc3[N+](=O)[O-])CC2)c(C)c1[N+](=O)[O-]. The van der Waals surface area contributed by atoms with Crippen molar-refractivity contribution >= 4 is 21.4 Å². The average molecular weight is 425 g/mol. The molecule has 1 fully saturated rings. The second-order valence-corrected chi connectivity index (χ2v) is 8.72. The van der Waals surface area contributed by atoms with E-state index in [1.165, 1.54) is 28.6 Å². The number of hydrogen-bond donors (Lipinski definition) is 1. The quantitative estimate of drug-likeness (QED) is 0.501. The molecule has 0 radical (unpaired) electrons. The Bertz CT molecular complexity index is 1060. The molecule has 0 spiro atoms. The van der Waals surface area contributed by atoms with Crippen LogP contribution in [0.25, 0.3) is 0 Å². The molecule has 0 unspecified atom stereocenters. The highest BCUT2D eigenvalue weighted by atomic mass is 32.2. The van der Waals surface area contributed by atoms with Crippen LogP contribution in [0.3, 0.4) is 0 Å². The summed E-state index contributed by atoms with van der Waals surface area (Å²) < 4.78 is 28.6. The molecule has 0 amide bonds. The van der Waals surface area contributed by atoms with Crippen LogP contribution in [0.2, 0.25) is 0 Å². The van der Waals surface area contributed by atoms with Gasteiger partial charge in [0.1, 0.15) is 11.4 Å². The maximum atomic E-state index is 12.9. The van der Waals surface area contributed by atoms with Gasteiger partial charge < -0.3 is 4.90 Å². The van der Waals surface area contributed by atoms with E-state index in [-0.39, 0.29) is 23.7 Å². The fraction of sp³-hybridized carbons (Fsp3) is 0.438. The van der Waals surface area contributed by atoms with Crippen LogP contribution in [0.1, 0.15) is 11.4 Å². The van der Waals surface area contributed by atoms with E-state index in [4.69, 9.17) is 0 Å². The fourth-order valence-corrected chi connectivity index (χ4v) is 5.08. The summed E-state index contributed by atoms with van der Waals surface area (Å²) in [6.45, 7) is 4.86. The number of nitrogens with zero attached hydrogens (tertiary/aromatic N) is 5. The van der Waals surface area contributed by atoms with Crippen LogP contribution < -0.4 is 4.90 Å². The lowest BCUT2D eigenvalue weighted by atomic mass is 10.3. The van der Waals surface area contributed by atoms with Gasteiger partial charge in [-0.05, 0) is 19.9 Å². The summed E-state index contributed by atoms with van der Waals surface area (Å²) in [4.78, 5) is 21.8.